The third-order valence-electron chi connectivity index (χ3n) is 1.69. The van der Waals surface area contributed by atoms with Gasteiger partial charge in [0.1, 0.15) is 11.4 Å². The van der Waals surface area contributed by atoms with Crippen molar-refractivity contribution in [2.24, 2.45) is 0 Å². The van der Waals surface area contributed by atoms with Gasteiger partial charge >= 0.3 is 0 Å². The smallest absolute Gasteiger partial charge is 0.284 e. The number of aromatic hydroxyl groups is 1. The second-order valence-corrected chi connectivity index (χ2v) is 2.74. The van der Waals surface area contributed by atoms with Crippen molar-refractivity contribution in [3.05, 3.63) is 17.5 Å². The maximum Gasteiger partial charge on any atom is 0.284 e. The van der Waals surface area contributed by atoms with Crippen LogP contribution in [0.25, 0.3) is 0 Å². The molecule has 0 radical (unpaired) electrons. The zero-order valence-electron chi connectivity index (χ0n) is 7.30. The number of nitrogens with zero attached hydrogens (tertiary/aromatic N) is 1. The predicted octanol–water partition coefficient (Wildman–Crippen LogP) is 2.47. The summed E-state index contributed by atoms with van der Waals surface area (Å²) in [5.41, 5.74) is -0.389. The third-order valence-corrected chi connectivity index (χ3v) is 1.95. The van der Waals surface area contributed by atoms with E-state index in [9.17, 15) is 13.9 Å². The highest BCUT2D eigenvalue weighted by Crippen LogP contribution is 2.35. The molecule has 1 N–H and O–H groups in total. The van der Waals surface area contributed by atoms with Gasteiger partial charge in [-0.25, -0.2) is 13.8 Å². The lowest BCUT2D eigenvalue weighted by atomic mass is 10.2. The number of aromatic nitrogens is 1. The highest BCUT2D eigenvalue weighted by Gasteiger charge is 2.20. The van der Waals surface area contributed by atoms with E-state index in [0.29, 0.717) is 0 Å². The van der Waals surface area contributed by atoms with E-state index in [-0.39, 0.29) is 22.9 Å². The number of hydrogen-bond donors (Lipinski definition) is 1. The van der Waals surface area contributed by atoms with Crippen LogP contribution in [0.15, 0.2) is 6.20 Å². The summed E-state index contributed by atoms with van der Waals surface area (Å²) in [6.45, 7) is 0. The van der Waals surface area contributed by atoms with Gasteiger partial charge in [0.25, 0.3) is 6.43 Å². The minimum absolute atomic E-state index is 0.114. The van der Waals surface area contributed by atoms with Gasteiger partial charge < -0.3 is 9.84 Å². The molecule has 1 aromatic rings. The van der Waals surface area contributed by atoms with Crippen molar-refractivity contribution in [3.8, 4) is 11.5 Å². The number of methoxy groups -OCH3 is 1. The van der Waals surface area contributed by atoms with E-state index in [1.807, 2.05) is 0 Å². The first kappa shape index (κ1) is 11.0. The van der Waals surface area contributed by atoms with Gasteiger partial charge in [0.05, 0.1) is 24.8 Å². The lowest BCUT2D eigenvalue weighted by Crippen LogP contribution is -2.00. The van der Waals surface area contributed by atoms with Crippen LogP contribution in [0, 0.1) is 0 Å². The summed E-state index contributed by atoms with van der Waals surface area (Å²) in [6, 6.07) is 0. The summed E-state index contributed by atoms with van der Waals surface area (Å²) in [4.78, 5) is 3.37. The van der Waals surface area contributed by atoms with Gasteiger partial charge in [-0.05, 0) is 0 Å². The molecule has 78 valence electrons. The van der Waals surface area contributed by atoms with Crippen LogP contribution in [0.2, 0.25) is 0 Å². The molecule has 0 unspecified atom stereocenters. The van der Waals surface area contributed by atoms with Crippen molar-refractivity contribution in [3.63, 3.8) is 0 Å². The Morgan fingerprint density at radius 1 is 1.64 bits per heavy atom. The molecule has 0 aliphatic heterocycles. The summed E-state index contributed by atoms with van der Waals surface area (Å²) in [5, 5.41) is 9.26. The fourth-order valence-corrected chi connectivity index (χ4v) is 1.31. The number of halogens is 3. The van der Waals surface area contributed by atoms with Crippen LogP contribution in [-0.4, -0.2) is 17.2 Å². The molecular weight excluding hydrogens is 216 g/mol. The van der Waals surface area contributed by atoms with Crippen molar-refractivity contribution in [1.29, 1.82) is 0 Å². The van der Waals surface area contributed by atoms with Crippen LogP contribution >= 0.6 is 11.6 Å². The maximum atomic E-state index is 12.4. The molecule has 0 fully saturated rings. The van der Waals surface area contributed by atoms with Crippen molar-refractivity contribution >= 4 is 11.6 Å². The molecule has 0 aliphatic carbocycles. The van der Waals surface area contributed by atoms with Gasteiger partial charge in [-0.2, -0.15) is 0 Å². The van der Waals surface area contributed by atoms with Crippen molar-refractivity contribution < 1.29 is 18.6 Å². The summed E-state index contributed by atoms with van der Waals surface area (Å²) >= 11 is 5.48. The Balaban J connectivity index is 3.33. The second kappa shape index (κ2) is 4.41. The Morgan fingerprint density at radius 2 is 2.29 bits per heavy atom. The SMILES string of the molecule is COc1c(C(F)F)ncc(O)c1CCl. The van der Waals surface area contributed by atoms with E-state index in [0.717, 1.165) is 6.20 Å². The molecule has 0 atom stereocenters. The summed E-state index contributed by atoms with van der Waals surface area (Å²) in [5.74, 6) is -0.520. The Hall–Kier alpha value is -1.10. The molecular formula is C8H8ClF2NO2. The molecule has 1 aromatic heterocycles. The molecule has 6 heteroatoms. The first-order chi connectivity index (χ1) is 6.61. The zero-order valence-corrected chi connectivity index (χ0v) is 8.05. The number of hydrogen-bond acceptors (Lipinski definition) is 3. The van der Waals surface area contributed by atoms with Crippen LogP contribution < -0.4 is 4.74 Å². The molecule has 1 heterocycles. The Labute approximate surface area is 84.3 Å². The quantitative estimate of drug-likeness (QED) is 0.801. The molecule has 0 bridgehead atoms. The fraction of sp³-hybridized carbons (Fsp3) is 0.375. The van der Waals surface area contributed by atoms with Crippen molar-refractivity contribution in [2.75, 3.05) is 7.11 Å². The normalized spacial score (nSPS) is 10.6. The largest absolute Gasteiger partial charge is 0.506 e. The van der Waals surface area contributed by atoms with Gasteiger partial charge in [-0.1, -0.05) is 0 Å². The standard InChI is InChI=1S/C8H8ClF2NO2/c1-14-7-4(2-9)5(13)3-12-6(7)8(10)11/h3,8,13H,2H2,1H3. The van der Waals surface area contributed by atoms with Crippen molar-refractivity contribution in [2.45, 2.75) is 12.3 Å². The predicted molar refractivity (Wildman–Crippen MR) is 47.0 cm³/mol. The van der Waals surface area contributed by atoms with E-state index in [4.69, 9.17) is 16.3 Å². The molecule has 0 spiro atoms. The number of ether oxygens (including phenoxy) is 1. The highest BCUT2D eigenvalue weighted by molar-refractivity contribution is 6.17. The van der Waals surface area contributed by atoms with Gasteiger partial charge in [-0.15, -0.1) is 11.6 Å². The van der Waals surface area contributed by atoms with Crippen LogP contribution in [0.3, 0.4) is 0 Å². The Morgan fingerprint density at radius 3 is 2.71 bits per heavy atom. The van der Waals surface area contributed by atoms with Gasteiger partial charge in [0.2, 0.25) is 0 Å². The zero-order chi connectivity index (χ0) is 10.7. The summed E-state index contributed by atoms with van der Waals surface area (Å²) in [7, 11) is 1.22. The van der Waals surface area contributed by atoms with E-state index in [2.05, 4.69) is 4.98 Å². The fourth-order valence-electron chi connectivity index (χ4n) is 1.05. The Kier molecular flexibility index (Phi) is 3.46. The van der Waals surface area contributed by atoms with Crippen LogP contribution in [0.5, 0.6) is 11.5 Å². The maximum absolute atomic E-state index is 12.4. The van der Waals surface area contributed by atoms with E-state index in [1.165, 1.54) is 7.11 Å². The average Bonchev–Trinajstić information content (AvgIpc) is 2.16. The highest BCUT2D eigenvalue weighted by atomic mass is 35.5. The molecule has 0 aromatic carbocycles. The minimum Gasteiger partial charge on any atom is -0.506 e. The summed E-state index contributed by atoms with van der Waals surface area (Å²) < 4.78 is 29.5. The van der Waals surface area contributed by atoms with E-state index < -0.39 is 12.1 Å². The topological polar surface area (TPSA) is 42.4 Å². The number of alkyl halides is 3. The van der Waals surface area contributed by atoms with E-state index in [1.54, 1.807) is 0 Å². The van der Waals surface area contributed by atoms with Crippen LogP contribution in [0.4, 0.5) is 8.78 Å². The second-order valence-electron chi connectivity index (χ2n) is 2.47. The molecule has 1 rings (SSSR count). The minimum atomic E-state index is -2.76. The number of rotatable bonds is 3. The molecule has 3 nitrogen and oxygen atoms in total. The molecule has 14 heavy (non-hydrogen) atoms. The molecule has 0 saturated heterocycles. The van der Waals surface area contributed by atoms with Crippen LogP contribution in [0.1, 0.15) is 17.7 Å². The van der Waals surface area contributed by atoms with Gasteiger partial charge in [0, 0.05) is 0 Å². The van der Waals surface area contributed by atoms with Gasteiger partial charge in [0.15, 0.2) is 5.75 Å². The molecule has 0 amide bonds. The van der Waals surface area contributed by atoms with Crippen LogP contribution in [-0.2, 0) is 5.88 Å². The Bertz CT molecular complexity index is 333. The summed E-state index contributed by atoms with van der Waals surface area (Å²) in [6.07, 6.45) is -1.82. The van der Waals surface area contributed by atoms with Crippen molar-refractivity contribution in [1.82, 2.24) is 4.98 Å². The third kappa shape index (κ3) is 1.87. The van der Waals surface area contributed by atoms with E-state index >= 15 is 0 Å². The molecule has 0 saturated carbocycles. The average molecular weight is 224 g/mol. The van der Waals surface area contributed by atoms with Gasteiger partial charge in [-0.3, -0.25) is 0 Å². The number of pyridine rings is 1. The first-order valence-electron chi connectivity index (χ1n) is 3.70. The lowest BCUT2D eigenvalue weighted by Gasteiger charge is -2.11. The first-order valence-corrected chi connectivity index (χ1v) is 4.24. The monoisotopic (exact) mass is 223 g/mol. The lowest BCUT2D eigenvalue weighted by molar-refractivity contribution is 0.141. The molecule has 0 aliphatic rings.